The van der Waals surface area contributed by atoms with Crippen molar-refractivity contribution in [2.24, 2.45) is 0 Å². The Morgan fingerprint density at radius 1 is 1.14 bits per heavy atom. The molecule has 1 unspecified atom stereocenters. The summed E-state index contributed by atoms with van der Waals surface area (Å²) in [4.78, 5) is 0. The molecule has 2 rings (SSSR count). The molecular weight excluding hydrogens is 262 g/mol. The zero-order valence-electron chi connectivity index (χ0n) is 12.1. The first-order valence-corrected chi connectivity index (χ1v) is 7.06. The van der Waals surface area contributed by atoms with E-state index in [1.54, 1.807) is 13.0 Å². The quantitative estimate of drug-likeness (QED) is 0.882. The Labute approximate surface area is 125 Å². The highest BCUT2D eigenvalue weighted by molar-refractivity contribution is 5.33. The molecule has 3 heteroatoms. The normalized spacial score (nSPS) is 11.7. The SMILES string of the molecule is CC(O)CCc1ccc(OCc2cccc(C#N)c2)cc1. The molecule has 2 aromatic rings. The Bertz CT molecular complexity index is 612. The second-order valence-corrected chi connectivity index (χ2v) is 5.13. The van der Waals surface area contributed by atoms with Crippen LogP contribution in [0.5, 0.6) is 5.75 Å². The van der Waals surface area contributed by atoms with Gasteiger partial charge in [0.05, 0.1) is 17.7 Å². The summed E-state index contributed by atoms with van der Waals surface area (Å²) < 4.78 is 5.71. The lowest BCUT2D eigenvalue weighted by Crippen LogP contribution is -2.01. The first kappa shape index (κ1) is 15.1. The maximum atomic E-state index is 9.27. The third-order valence-electron chi connectivity index (χ3n) is 3.24. The summed E-state index contributed by atoms with van der Waals surface area (Å²) in [7, 11) is 0. The molecule has 108 valence electrons. The number of benzene rings is 2. The van der Waals surface area contributed by atoms with Gasteiger partial charge in [-0.05, 0) is 55.2 Å². The standard InChI is InChI=1S/C18H19NO2/c1-14(20)5-6-15-7-9-18(10-8-15)21-13-17-4-2-3-16(11-17)12-19/h2-4,7-11,14,20H,5-6,13H2,1H3. The maximum Gasteiger partial charge on any atom is 0.119 e. The molecular formula is C18H19NO2. The molecule has 0 spiro atoms. The van der Waals surface area contributed by atoms with Crippen LogP contribution in [-0.2, 0) is 13.0 Å². The van der Waals surface area contributed by atoms with Crippen molar-refractivity contribution in [1.82, 2.24) is 0 Å². The zero-order valence-corrected chi connectivity index (χ0v) is 12.1. The Balaban J connectivity index is 1.90. The monoisotopic (exact) mass is 281 g/mol. The molecule has 3 nitrogen and oxygen atoms in total. The lowest BCUT2D eigenvalue weighted by Gasteiger charge is -2.08. The van der Waals surface area contributed by atoms with Crippen molar-refractivity contribution >= 4 is 0 Å². The van der Waals surface area contributed by atoms with Crippen LogP contribution in [-0.4, -0.2) is 11.2 Å². The number of aliphatic hydroxyl groups excluding tert-OH is 1. The lowest BCUT2D eigenvalue weighted by molar-refractivity contribution is 0.185. The Kier molecular flexibility index (Phi) is 5.36. The zero-order chi connectivity index (χ0) is 15.1. The first-order valence-electron chi connectivity index (χ1n) is 7.06. The smallest absolute Gasteiger partial charge is 0.119 e. The molecule has 0 saturated heterocycles. The van der Waals surface area contributed by atoms with Crippen molar-refractivity contribution in [2.75, 3.05) is 0 Å². The summed E-state index contributed by atoms with van der Waals surface area (Å²) in [5.41, 5.74) is 2.81. The molecule has 0 heterocycles. The number of hydrogen-bond donors (Lipinski definition) is 1. The number of nitrogens with zero attached hydrogens (tertiary/aromatic N) is 1. The van der Waals surface area contributed by atoms with E-state index in [0.717, 1.165) is 24.2 Å². The molecule has 0 aliphatic carbocycles. The second-order valence-electron chi connectivity index (χ2n) is 5.13. The third-order valence-corrected chi connectivity index (χ3v) is 3.24. The van der Waals surface area contributed by atoms with Crippen LogP contribution in [0.1, 0.15) is 30.0 Å². The average molecular weight is 281 g/mol. The highest BCUT2D eigenvalue weighted by Crippen LogP contribution is 2.16. The number of aryl methyl sites for hydroxylation is 1. The fourth-order valence-electron chi connectivity index (χ4n) is 2.03. The number of hydrogen-bond acceptors (Lipinski definition) is 3. The summed E-state index contributed by atoms with van der Waals surface area (Å²) in [6, 6.07) is 17.4. The van der Waals surface area contributed by atoms with Crippen LogP contribution in [0.2, 0.25) is 0 Å². The predicted molar refractivity (Wildman–Crippen MR) is 81.9 cm³/mol. The van der Waals surface area contributed by atoms with Crippen LogP contribution in [0.4, 0.5) is 0 Å². The van der Waals surface area contributed by atoms with Crippen LogP contribution in [0.3, 0.4) is 0 Å². The number of nitriles is 1. The molecule has 0 fully saturated rings. The summed E-state index contributed by atoms with van der Waals surface area (Å²) >= 11 is 0. The fraction of sp³-hybridized carbons (Fsp3) is 0.278. The Hall–Kier alpha value is -2.31. The van der Waals surface area contributed by atoms with Gasteiger partial charge in [0.1, 0.15) is 12.4 Å². The van der Waals surface area contributed by atoms with Gasteiger partial charge in [-0.15, -0.1) is 0 Å². The van der Waals surface area contributed by atoms with Gasteiger partial charge in [0, 0.05) is 0 Å². The van der Waals surface area contributed by atoms with Crippen LogP contribution in [0.25, 0.3) is 0 Å². The van der Waals surface area contributed by atoms with Crippen LogP contribution in [0, 0.1) is 11.3 Å². The van der Waals surface area contributed by atoms with Crippen LogP contribution >= 0.6 is 0 Å². The summed E-state index contributed by atoms with van der Waals surface area (Å²) in [6.45, 7) is 2.25. The van der Waals surface area contributed by atoms with Crippen LogP contribution in [0.15, 0.2) is 48.5 Å². The number of ether oxygens (including phenoxy) is 1. The molecule has 0 radical (unpaired) electrons. The molecule has 1 atom stereocenters. The van der Waals surface area contributed by atoms with Gasteiger partial charge in [-0.3, -0.25) is 0 Å². The van der Waals surface area contributed by atoms with Gasteiger partial charge < -0.3 is 9.84 Å². The summed E-state index contributed by atoms with van der Waals surface area (Å²) in [5, 5.41) is 18.1. The topological polar surface area (TPSA) is 53.2 Å². The third kappa shape index (κ3) is 4.94. The highest BCUT2D eigenvalue weighted by Gasteiger charge is 2.00. The van der Waals surface area contributed by atoms with Crippen LogP contribution < -0.4 is 4.74 Å². The Morgan fingerprint density at radius 2 is 1.90 bits per heavy atom. The highest BCUT2D eigenvalue weighted by atomic mass is 16.5. The maximum absolute atomic E-state index is 9.27. The molecule has 1 N–H and O–H groups in total. The number of aliphatic hydroxyl groups is 1. The molecule has 0 aromatic heterocycles. The van der Waals surface area contributed by atoms with Crippen molar-refractivity contribution in [3.63, 3.8) is 0 Å². The van der Waals surface area contributed by atoms with E-state index in [1.165, 1.54) is 5.56 Å². The molecule has 0 aliphatic heterocycles. The summed E-state index contributed by atoms with van der Waals surface area (Å²) in [6.07, 6.45) is 1.36. The van der Waals surface area contributed by atoms with Crippen molar-refractivity contribution in [3.05, 3.63) is 65.2 Å². The van der Waals surface area contributed by atoms with Gasteiger partial charge in [0.15, 0.2) is 0 Å². The molecule has 0 bridgehead atoms. The first-order chi connectivity index (χ1) is 10.2. The molecule has 0 saturated carbocycles. The van der Waals surface area contributed by atoms with Crippen molar-refractivity contribution in [3.8, 4) is 11.8 Å². The molecule has 21 heavy (non-hydrogen) atoms. The largest absolute Gasteiger partial charge is 0.489 e. The van der Waals surface area contributed by atoms with Gasteiger partial charge in [-0.2, -0.15) is 5.26 Å². The van der Waals surface area contributed by atoms with E-state index in [0.29, 0.717) is 12.2 Å². The van der Waals surface area contributed by atoms with Crippen molar-refractivity contribution in [2.45, 2.75) is 32.5 Å². The predicted octanol–water partition coefficient (Wildman–Crippen LogP) is 3.45. The van der Waals surface area contributed by atoms with Gasteiger partial charge >= 0.3 is 0 Å². The van der Waals surface area contributed by atoms with E-state index >= 15 is 0 Å². The minimum absolute atomic E-state index is 0.270. The van der Waals surface area contributed by atoms with E-state index in [4.69, 9.17) is 10.00 Å². The summed E-state index contributed by atoms with van der Waals surface area (Å²) in [5.74, 6) is 0.804. The molecule has 2 aromatic carbocycles. The van der Waals surface area contributed by atoms with E-state index in [2.05, 4.69) is 6.07 Å². The van der Waals surface area contributed by atoms with E-state index in [9.17, 15) is 5.11 Å². The minimum Gasteiger partial charge on any atom is -0.489 e. The minimum atomic E-state index is -0.270. The van der Waals surface area contributed by atoms with Gasteiger partial charge in [0.25, 0.3) is 0 Å². The van der Waals surface area contributed by atoms with Crippen molar-refractivity contribution in [1.29, 1.82) is 5.26 Å². The van der Waals surface area contributed by atoms with Crippen molar-refractivity contribution < 1.29 is 9.84 Å². The lowest BCUT2D eigenvalue weighted by atomic mass is 10.1. The second kappa shape index (κ2) is 7.47. The average Bonchev–Trinajstić information content (AvgIpc) is 2.52. The van der Waals surface area contributed by atoms with Gasteiger partial charge in [-0.1, -0.05) is 24.3 Å². The Morgan fingerprint density at radius 3 is 2.57 bits per heavy atom. The van der Waals surface area contributed by atoms with E-state index in [1.807, 2.05) is 42.5 Å². The molecule has 0 aliphatic rings. The number of rotatable bonds is 6. The van der Waals surface area contributed by atoms with E-state index < -0.39 is 0 Å². The molecule has 0 amide bonds. The van der Waals surface area contributed by atoms with E-state index in [-0.39, 0.29) is 6.10 Å². The van der Waals surface area contributed by atoms with Gasteiger partial charge in [0.2, 0.25) is 0 Å². The van der Waals surface area contributed by atoms with Gasteiger partial charge in [-0.25, -0.2) is 0 Å². The fourth-order valence-corrected chi connectivity index (χ4v) is 2.03.